The lowest BCUT2D eigenvalue weighted by Gasteiger charge is -2.24. The van der Waals surface area contributed by atoms with E-state index in [0.29, 0.717) is 19.3 Å². The van der Waals surface area contributed by atoms with E-state index in [1.165, 1.54) is 0 Å². The minimum absolute atomic E-state index is 0.108. The summed E-state index contributed by atoms with van der Waals surface area (Å²) in [7, 11) is 0. The maximum atomic E-state index is 11.9. The van der Waals surface area contributed by atoms with Crippen LogP contribution in [0.1, 0.15) is 39.5 Å². The molecule has 2 rings (SSSR count). The van der Waals surface area contributed by atoms with Crippen LogP contribution in [0, 0.1) is 11.8 Å². The number of ether oxygens (including phenoxy) is 2. The van der Waals surface area contributed by atoms with Gasteiger partial charge in [0.15, 0.2) is 0 Å². The normalized spacial score (nSPS) is 27.8. The highest BCUT2D eigenvalue weighted by molar-refractivity contribution is 5.91. The van der Waals surface area contributed by atoms with Crippen molar-refractivity contribution in [3.8, 4) is 0 Å². The Kier molecular flexibility index (Phi) is 7.17. The Morgan fingerprint density at radius 3 is 2.85 bits per heavy atom. The molecule has 2 aliphatic rings. The second kappa shape index (κ2) is 9.14. The molecule has 2 N–H and O–H groups in total. The molecule has 1 fully saturated rings. The number of carbonyl (C=O) groups excluding carboxylic acids is 2. The van der Waals surface area contributed by atoms with Crippen LogP contribution >= 0.6 is 0 Å². The lowest BCUT2D eigenvalue weighted by Crippen LogP contribution is -2.30. The Balaban J connectivity index is 2.17. The van der Waals surface area contributed by atoms with Gasteiger partial charge in [-0.15, -0.1) is 0 Å². The molecule has 26 heavy (non-hydrogen) atoms. The summed E-state index contributed by atoms with van der Waals surface area (Å²) in [6.45, 7) is 7.45. The Bertz CT molecular complexity index is 618. The highest BCUT2D eigenvalue weighted by atomic mass is 16.6. The summed E-state index contributed by atoms with van der Waals surface area (Å²) >= 11 is 0. The van der Waals surface area contributed by atoms with Gasteiger partial charge < -0.3 is 19.7 Å². The van der Waals surface area contributed by atoms with E-state index < -0.39 is 24.1 Å². The van der Waals surface area contributed by atoms with Crippen LogP contribution in [0.25, 0.3) is 0 Å². The van der Waals surface area contributed by atoms with Gasteiger partial charge in [0.25, 0.3) is 0 Å². The Morgan fingerprint density at radius 1 is 1.46 bits per heavy atom. The first kappa shape index (κ1) is 20.4. The minimum atomic E-state index is -0.887. The lowest BCUT2D eigenvalue weighted by atomic mass is 9.85. The van der Waals surface area contributed by atoms with E-state index in [9.17, 15) is 19.8 Å². The van der Waals surface area contributed by atoms with Gasteiger partial charge in [-0.1, -0.05) is 26.5 Å². The molecule has 6 heteroatoms. The van der Waals surface area contributed by atoms with Crippen LogP contribution in [0.15, 0.2) is 35.5 Å². The van der Waals surface area contributed by atoms with Gasteiger partial charge in [-0.2, -0.15) is 0 Å². The van der Waals surface area contributed by atoms with Gasteiger partial charge in [-0.05, 0) is 42.9 Å². The van der Waals surface area contributed by atoms with Gasteiger partial charge >= 0.3 is 11.9 Å². The predicted molar refractivity (Wildman–Crippen MR) is 96.0 cm³/mol. The Labute approximate surface area is 154 Å². The molecular formula is C20H28O6. The van der Waals surface area contributed by atoms with Crippen molar-refractivity contribution in [2.24, 2.45) is 11.8 Å². The van der Waals surface area contributed by atoms with E-state index in [0.717, 1.165) is 11.1 Å². The largest absolute Gasteiger partial charge is 0.461 e. The third-order valence-electron chi connectivity index (χ3n) is 5.06. The van der Waals surface area contributed by atoms with E-state index >= 15 is 0 Å². The van der Waals surface area contributed by atoms with Crippen LogP contribution in [-0.2, 0) is 19.1 Å². The zero-order valence-corrected chi connectivity index (χ0v) is 15.4. The van der Waals surface area contributed by atoms with Crippen molar-refractivity contribution in [1.82, 2.24) is 0 Å². The van der Waals surface area contributed by atoms with Crippen molar-refractivity contribution >= 4 is 11.9 Å². The van der Waals surface area contributed by atoms with Gasteiger partial charge in [-0.3, -0.25) is 4.79 Å². The number of hydrogen-bond acceptors (Lipinski definition) is 6. The predicted octanol–water partition coefficient (Wildman–Crippen LogP) is 2.06. The summed E-state index contributed by atoms with van der Waals surface area (Å²) in [6, 6.07) is 0. The Morgan fingerprint density at radius 2 is 2.19 bits per heavy atom. The van der Waals surface area contributed by atoms with Crippen molar-refractivity contribution in [2.45, 2.75) is 51.7 Å². The number of fused-ring (bicyclic) bond motifs is 1. The van der Waals surface area contributed by atoms with Crippen LogP contribution in [0.3, 0.4) is 0 Å². The van der Waals surface area contributed by atoms with Crippen LogP contribution in [0.2, 0.25) is 0 Å². The molecule has 1 aliphatic heterocycles. The van der Waals surface area contributed by atoms with Crippen LogP contribution in [-0.4, -0.2) is 47.6 Å². The molecule has 0 saturated carbocycles. The summed E-state index contributed by atoms with van der Waals surface area (Å²) < 4.78 is 10.7. The van der Waals surface area contributed by atoms with Gasteiger partial charge in [0.05, 0.1) is 24.5 Å². The molecule has 0 radical (unpaired) electrons. The number of rotatable bonds is 5. The smallest absolute Gasteiger partial charge is 0.334 e. The molecule has 0 aromatic carbocycles. The molecule has 0 aromatic heterocycles. The van der Waals surface area contributed by atoms with E-state index in [1.807, 2.05) is 19.9 Å². The molecule has 1 heterocycles. The van der Waals surface area contributed by atoms with E-state index in [-0.39, 0.29) is 37.1 Å². The highest BCUT2D eigenvalue weighted by Gasteiger charge is 2.42. The molecular weight excluding hydrogens is 336 g/mol. The standard InChI is InChI=1S/C20H28O6/c1-4-12(2)19(23)25-11-15-7-5-6-14(10-21)9-17-18(16(22)8-15)13(3)20(24)26-17/h7,9,12,16-18,21-22H,3-6,8,10-11H2,1-2H3. The van der Waals surface area contributed by atoms with Gasteiger partial charge in [0.2, 0.25) is 0 Å². The maximum absolute atomic E-state index is 11.9. The molecule has 0 aromatic rings. The van der Waals surface area contributed by atoms with E-state index in [2.05, 4.69) is 6.58 Å². The number of aliphatic hydroxyl groups excluding tert-OH is 2. The third kappa shape index (κ3) is 4.83. The number of aliphatic hydroxyl groups is 2. The first-order valence-corrected chi connectivity index (χ1v) is 9.10. The first-order valence-electron chi connectivity index (χ1n) is 9.10. The molecule has 144 valence electrons. The van der Waals surface area contributed by atoms with E-state index in [1.54, 1.807) is 6.08 Å². The monoisotopic (exact) mass is 364 g/mol. The molecule has 0 spiro atoms. The zero-order chi connectivity index (χ0) is 19.3. The fraction of sp³-hybridized carbons (Fsp3) is 0.600. The molecule has 1 saturated heterocycles. The fourth-order valence-corrected chi connectivity index (χ4v) is 3.17. The van der Waals surface area contributed by atoms with Crippen molar-refractivity contribution in [1.29, 1.82) is 0 Å². The summed E-state index contributed by atoms with van der Waals surface area (Å²) in [5.41, 5.74) is 1.76. The lowest BCUT2D eigenvalue weighted by molar-refractivity contribution is -0.147. The average Bonchev–Trinajstić information content (AvgIpc) is 2.90. The maximum Gasteiger partial charge on any atom is 0.334 e. The van der Waals surface area contributed by atoms with Crippen LogP contribution in [0.4, 0.5) is 0 Å². The molecule has 4 unspecified atom stereocenters. The minimum Gasteiger partial charge on any atom is -0.461 e. The Hall–Kier alpha value is -1.92. The van der Waals surface area contributed by atoms with Crippen molar-refractivity contribution in [2.75, 3.05) is 13.2 Å². The molecule has 1 aliphatic carbocycles. The zero-order valence-electron chi connectivity index (χ0n) is 15.4. The number of carbonyl (C=O) groups is 2. The van der Waals surface area contributed by atoms with Gasteiger partial charge in [0, 0.05) is 5.57 Å². The SMILES string of the molecule is C=C1C(=O)OC2C=C(CO)CCC=C(COC(=O)C(C)CC)CC(O)C12. The second-order valence-electron chi connectivity index (χ2n) is 6.99. The highest BCUT2D eigenvalue weighted by Crippen LogP contribution is 2.34. The average molecular weight is 364 g/mol. The molecule has 0 bridgehead atoms. The van der Waals surface area contributed by atoms with Gasteiger partial charge in [-0.25, -0.2) is 4.79 Å². The van der Waals surface area contributed by atoms with Crippen molar-refractivity contribution in [3.63, 3.8) is 0 Å². The molecule has 6 nitrogen and oxygen atoms in total. The quantitative estimate of drug-likeness (QED) is 0.441. The van der Waals surface area contributed by atoms with E-state index in [4.69, 9.17) is 9.47 Å². The second-order valence-corrected chi connectivity index (χ2v) is 6.99. The summed E-state index contributed by atoms with van der Waals surface area (Å²) in [4.78, 5) is 23.8. The summed E-state index contributed by atoms with van der Waals surface area (Å²) in [5.74, 6) is -1.54. The number of allylic oxidation sites excluding steroid dienone is 1. The van der Waals surface area contributed by atoms with Crippen LogP contribution < -0.4 is 0 Å². The summed E-state index contributed by atoms with van der Waals surface area (Å²) in [6.07, 6.45) is 4.34. The molecule has 4 atom stereocenters. The molecule has 0 amide bonds. The van der Waals surface area contributed by atoms with Gasteiger partial charge in [0.1, 0.15) is 12.7 Å². The van der Waals surface area contributed by atoms with Crippen LogP contribution in [0.5, 0.6) is 0 Å². The topological polar surface area (TPSA) is 93.1 Å². The number of hydrogen-bond donors (Lipinski definition) is 2. The van der Waals surface area contributed by atoms with Crippen molar-refractivity contribution in [3.05, 3.63) is 35.5 Å². The first-order chi connectivity index (χ1) is 12.4. The van der Waals surface area contributed by atoms with Crippen molar-refractivity contribution < 1.29 is 29.3 Å². The summed E-state index contributed by atoms with van der Waals surface area (Å²) in [5, 5.41) is 20.2. The number of esters is 2. The fourth-order valence-electron chi connectivity index (χ4n) is 3.17. The third-order valence-corrected chi connectivity index (χ3v) is 5.06.